The molecule has 0 aromatic heterocycles. The zero-order chi connectivity index (χ0) is 13.1. The van der Waals surface area contributed by atoms with Gasteiger partial charge in [0.25, 0.3) is 0 Å². The highest BCUT2D eigenvalue weighted by Gasteiger charge is 2.32. The molecule has 0 saturated carbocycles. The second kappa shape index (κ2) is 5.66. The molecular weight excluding hydrogens is 208 g/mol. The quantitative estimate of drug-likeness (QED) is 0.645. The van der Waals surface area contributed by atoms with Crippen LogP contribution in [0.3, 0.4) is 0 Å². The minimum absolute atomic E-state index is 0.252. The summed E-state index contributed by atoms with van der Waals surface area (Å²) < 4.78 is 0. The number of carbonyl (C=O) groups excluding carboxylic acids is 1. The monoisotopic (exact) mass is 234 g/mol. The molecule has 1 atom stereocenters. The zero-order valence-corrected chi connectivity index (χ0v) is 12.0. The molecule has 1 aliphatic carbocycles. The summed E-state index contributed by atoms with van der Waals surface area (Å²) in [6.45, 7) is 10.6. The molecular formula is C16H26O. The normalized spacial score (nSPS) is 21.9. The molecule has 1 heteroatoms. The summed E-state index contributed by atoms with van der Waals surface area (Å²) in [5.74, 6) is 0.600. The Bertz CT molecular complexity index is 345. The molecule has 0 aromatic rings. The zero-order valence-electron chi connectivity index (χ0n) is 12.0. The molecule has 0 amide bonds. The van der Waals surface area contributed by atoms with Crippen molar-refractivity contribution < 1.29 is 4.79 Å². The van der Waals surface area contributed by atoms with Crippen molar-refractivity contribution in [3.63, 3.8) is 0 Å². The minimum atomic E-state index is 0.252. The number of hydrogen-bond donors (Lipinski definition) is 0. The maximum absolute atomic E-state index is 11.4. The summed E-state index contributed by atoms with van der Waals surface area (Å²) in [5.41, 5.74) is 3.27. The molecule has 17 heavy (non-hydrogen) atoms. The Morgan fingerprint density at radius 2 is 2.12 bits per heavy atom. The van der Waals surface area contributed by atoms with Crippen molar-refractivity contribution in [2.45, 2.75) is 60.3 Å². The molecule has 0 bridgehead atoms. The Kier molecular flexibility index (Phi) is 4.73. The predicted octanol–water partition coefficient (Wildman–Crippen LogP) is 4.68. The van der Waals surface area contributed by atoms with E-state index in [0.717, 1.165) is 0 Å². The van der Waals surface area contributed by atoms with E-state index in [9.17, 15) is 4.79 Å². The van der Waals surface area contributed by atoms with Gasteiger partial charge in [-0.1, -0.05) is 37.1 Å². The molecule has 1 rings (SSSR count). The minimum Gasteiger partial charge on any atom is -0.300 e. The third-order valence-electron chi connectivity index (χ3n) is 3.85. The number of rotatable bonds is 4. The van der Waals surface area contributed by atoms with Crippen molar-refractivity contribution in [1.82, 2.24) is 0 Å². The SMILES string of the molecule is CC=CC(CC(C)=O)C1=C(C)CCCC1(C)C. The standard InChI is InChI=1S/C16H26O/c1-6-8-14(11-13(3)17)15-12(2)9-7-10-16(15,4)5/h6,8,14H,7,9-11H2,1-5H3. The number of carbonyl (C=O) groups is 1. The van der Waals surface area contributed by atoms with Crippen molar-refractivity contribution in [3.05, 3.63) is 23.3 Å². The van der Waals surface area contributed by atoms with Crippen LogP contribution in [0.1, 0.15) is 60.3 Å². The van der Waals surface area contributed by atoms with Gasteiger partial charge in [-0.3, -0.25) is 4.79 Å². The van der Waals surface area contributed by atoms with E-state index in [-0.39, 0.29) is 11.2 Å². The molecule has 1 unspecified atom stereocenters. The Hall–Kier alpha value is -0.850. The summed E-state index contributed by atoms with van der Waals surface area (Å²) in [4.78, 5) is 11.4. The van der Waals surface area contributed by atoms with Gasteiger partial charge in [0.1, 0.15) is 5.78 Å². The van der Waals surface area contributed by atoms with E-state index in [1.54, 1.807) is 6.92 Å². The highest BCUT2D eigenvalue weighted by Crippen LogP contribution is 2.45. The van der Waals surface area contributed by atoms with Gasteiger partial charge >= 0.3 is 0 Å². The van der Waals surface area contributed by atoms with Crippen LogP contribution >= 0.6 is 0 Å². The van der Waals surface area contributed by atoms with Crippen LogP contribution in [0.25, 0.3) is 0 Å². The van der Waals surface area contributed by atoms with Crippen LogP contribution < -0.4 is 0 Å². The van der Waals surface area contributed by atoms with Gasteiger partial charge in [-0.15, -0.1) is 0 Å². The van der Waals surface area contributed by atoms with Gasteiger partial charge in [-0.25, -0.2) is 0 Å². The maximum Gasteiger partial charge on any atom is 0.130 e. The third-order valence-corrected chi connectivity index (χ3v) is 3.85. The van der Waals surface area contributed by atoms with E-state index in [1.807, 2.05) is 6.92 Å². The van der Waals surface area contributed by atoms with Crippen LogP contribution in [0, 0.1) is 11.3 Å². The summed E-state index contributed by atoms with van der Waals surface area (Å²) in [7, 11) is 0. The van der Waals surface area contributed by atoms with Crippen LogP contribution in [-0.4, -0.2) is 5.78 Å². The van der Waals surface area contributed by atoms with Crippen LogP contribution in [0.2, 0.25) is 0 Å². The molecule has 1 nitrogen and oxygen atoms in total. The maximum atomic E-state index is 11.4. The summed E-state index contributed by atoms with van der Waals surface area (Å²) in [6, 6.07) is 0. The lowest BCUT2D eigenvalue weighted by molar-refractivity contribution is -0.117. The number of ketones is 1. The molecule has 0 N–H and O–H groups in total. The van der Waals surface area contributed by atoms with Crippen LogP contribution in [0.5, 0.6) is 0 Å². The fourth-order valence-corrected chi connectivity index (χ4v) is 3.27. The van der Waals surface area contributed by atoms with Crippen LogP contribution in [0.4, 0.5) is 0 Å². The van der Waals surface area contributed by atoms with Gasteiger partial charge in [0.15, 0.2) is 0 Å². The van der Waals surface area contributed by atoms with Crippen molar-refractivity contribution in [2.75, 3.05) is 0 Å². The Morgan fingerprint density at radius 1 is 1.47 bits per heavy atom. The van der Waals surface area contributed by atoms with E-state index < -0.39 is 0 Å². The van der Waals surface area contributed by atoms with E-state index in [4.69, 9.17) is 0 Å². The van der Waals surface area contributed by atoms with Crippen molar-refractivity contribution in [3.8, 4) is 0 Å². The first-order valence-electron chi connectivity index (χ1n) is 6.71. The average Bonchev–Trinajstić information content (AvgIpc) is 2.15. The topological polar surface area (TPSA) is 17.1 Å². The fourth-order valence-electron chi connectivity index (χ4n) is 3.27. The Labute approximate surface area is 106 Å². The first kappa shape index (κ1) is 14.2. The molecule has 0 spiro atoms. The molecule has 0 fully saturated rings. The smallest absolute Gasteiger partial charge is 0.130 e. The van der Waals surface area contributed by atoms with Crippen molar-refractivity contribution >= 4 is 5.78 Å². The summed E-state index contributed by atoms with van der Waals surface area (Å²) >= 11 is 0. The summed E-state index contributed by atoms with van der Waals surface area (Å²) in [5, 5.41) is 0. The second-order valence-corrected chi connectivity index (χ2v) is 5.97. The molecule has 0 heterocycles. The van der Waals surface area contributed by atoms with Crippen LogP contribution in [0.15, 0.2) is 23.3 Å². The Morgan fingerprint density at radius 3 is 2.59 bits per heavy atom. The molecule has 0 saturated heterocycles. The molecule has 0 aromatic carbocycles. The Balaban J connectivity index is 3.09. The molecule has 0 radical (unpaired) electrons. The second-order valence-electron chi connectivity index (χ2n) is 5.97. The van der Waals surface area contributed by atoms with Gasteiger partial charge in [0.2, 0.25) is 0 Å². The molecule has 0 aliphatic heterocycles. The van der Waals surface area contributed by atoms with Gasteiger partial charge in [-0.2, -0.15) is 0 Å². The molecule has 1 aliphatic rings. The van der Waals surface area contributed by atoms with E-state index in [1.165, 1.54) is 30.4 Å². The van der Waals surface area contributed by atoms with Gasteiger partial charge in [-0.05, 0) is 45.4 Å². The average molecular weight is 234 g/mol. The van der Waals surface area contributed by atoms with Crippen LogP contribution in [-0.2, 0) is 4.79 Å². The summed E-state index contributed by atoms with van der Waals surface area (Å²) in [6.07, 6.45) is 8.66. The highest BCUT2D eigenvalue weighted by atomic mass is 16.1. The fraction of sp³-hybridized carbons (Fsp3) is 0.688. The number of Topliss-reactive ketones (excluding diaryl/α,β-unsaturated/α-hetero) is 1. The number of allylic oxidation sites excluding steroid dienone is 4. The predicted molar refractivity (Wildman–Crippen MR) is 73.9 cm³/mol. The molecule has 96 valence electrons. The third kappa shape index (κ3) is 3.55. The lowest BCUT2D eigenvalue weighted by Crippen LogP contribution is -2.26. The number of hydrogen-bond acceptors (Lipinski definition) is 1. The van der Waals surface area contributed by atoms with E-state index >= 15 is 0 Å². The van der Waals surface area contributed by atoms with Crippen molar-refractivity contribution in [2.24, 2.45) is 11.3 Å². The van der Waals surface area contributed by atoms with Gasteiger partial charge in [0.05, 0.1) is 0 Å². The first-order valence-corrected chi connectivity index (χ1v) is 6.71. The largest absolute Gasteiger partial charge is 0.300 e. The van der Waals surface area contributed by atoms with Gasteiger partial charge < -0.3 is 0 Å². The van der Waals surface area contributed by atoms with Gasteiger partial charge in [0, 0.05) is 12.3 Å². The van der Waals surface area contributed by atoms with Crippen molar-refractivity contribution in [1.29, 1.82) is 0 Å². The van der Waals surface area contributed by atoms with E-state index in [2.05, 4.69) is 32.9 Å². The lowest BCUT2D eigenvalue weighted by atomic mass is 9.67. The van der Waals surface area contributed by atoms with E-state index in [0.29, 0.717) is 12.3 Å². The lowest BCUT2D eigenvalue weighted by Gasteiger charge is -2.38. The highest BCUT2D eigenvalue weighted by molar-refractivity contribution is 5.76. The first-order chi connectivity index (χ1) is 7.88.